The van der Waals surface area contributed by atoms with Crippen LogP contribution in [0, 0.1) is 0 Å². The standard InChI is InChI=1S/3C44H27N5/c1-2-14-31(15-3-1)42-46-43(33-22-21-28-11-4-5-16-32(28)27-33)48-44(47-42)36-19-10-20-39(45-36)49-37-25-23-29-12-6-8-17-34(29)40(37)41-35-18-9-7-13-30(35)24-26-38(41)49;1-2-13-31(14-3-1)42-46-43(33-19-18-28-10-4-5-15-32(28)24-33)48-44(47-42)34-25-35(27-45-26-34)49-38-22-20-29-11-6-8-16-36(29)40(38)41-37-17-9-7-12-30(37)21-23-39(41)49;1-2-13-31(14-3-1)42-46-43(33-19-18-28-10-4-5-15-32(28)26-33)48-44(47-42)34-24-25-45-39(27-34)49-37-22-20-29-11-6-8-16-35(29)40(37)41-36-17-9-7-12-30(36)21-23-38(41)49/h3*1-27H. The monoisotopic (exact) mass is 1880 g/mol. The minimum Gasteiger partial charge on any atom is -0.308 e. The Hall–Kier alpha value is -20.2. The molecule has 0 N–H and O–H groups in total. The first-order valence-corrected chi connectivity index (χ1v) is 49.2. The number of benzene rings is 21. The van der Waals surface area contributed by atoms with Crippen molar-refractivity contribution in [3.63, 3.8) is 0 Å². The van der Waals surface area contributed by atoms with Gasteiger partial charge in [-0.05, 0) is 182 Å². The first-order chi connectivity index (χ1) is 72.8. The number of hydrogen-bond acceptors (Lipinski definition) is 12. The van der Waals surface area contributed by atoms with Crippen LogP contribution in [-0.4, -0.2) is 73.5 Å². The summed E-state index contributed by atoms with van der Waals surface area (Å²) >= 11 is 0. The number of rotatable bonds is 12. The Bertz CT molecular complexity index is 9340. The van der Waals surface area contributed by atoms with Crippen molar-refractivity contribution in [1.82, 2.24) is 73.5 Å². The number of pyridine rings is 3. The van der Waals surface area contributed by atoms with Crippen molar-refractivity contribution in [2.24, 2.45) is 0 Å². The minimum absolute atomic E-state index is 0.524. The van der Waals surface area contributed by atoms with Gasteiger partial charge in [0.25, 0.3) is 0 Å². The SMILES string of the molecule is c1ccc(-c2nc(-c3ccc4ccccc4c3)nc(-c3cccc(-n4c5ccc6ccccc6c5c5c6ccccc6ccc54)n3)n2)cc1.c1ccc(-c2nc(-c3ccnc(-n4c5ccc6ccccc6c5c5c6ccccc6ccc54)c3)nc(-c3ccc4ccccc4c3)n2)cc1.c1ccc(-c2nc(-c3cncc(-n4c5ccc6ccccc6c5c5c6ccccc6ccc54)c3)nc(-c3ccc4ccccc4c3)n2)cc1. The molecule has 0 unspecified atom stereocenters. The van der Waals surface area contributed by atoms with E-state index in [2.05, 4.69) is 378 Å². The number of fused-ring (bicyclic) bond motifs is 24. The Morgan fingerprint density at radius 2 is 0.415 bits per heavy atom. The molecule has 0 amide bonds. The molecule has 30 aromatic rings. The van der Waals surface area contributed by atoms with Crippen LogP contribution in [0.15, 0.2) is 492 Å². The van der Waals surface area contributed by atoms with E-state index in [1.165, 1.54) is 113 Å². The van der Waals surface area contributed by atoms with E-state index in [0.29, 0.717) is 58.1 Å². The molecule has 0 aliphatic heterocycles. The Morgan fingerprint density at radius 3 is 0.755 bits per heavy atom. The lowest BCUT2D eigenvalue weighted by atomic mass is 10.00. The molecule has 684 valence electrons. The fourth-order valence-electron chi connectivity index (χ4n) is 21.5. The van der Waals surface area contributed by atoms with Gasteiger partial charge in [0.1, 0.15) is 17.3 Å². The summed E-state index contributed by atoms with van der Waals surface area (Å²) in [6.07, 6.45) is 5.62. The van der Waals surface area contributed by atoms with Crippen molar-refractivity contribution < 1.29 is 0 Å². The Kier molecular flexibility index (Phi) is 20.5. The minimum atomic E-state index is 0.524. The molecule has 0 saturated carbocycles. The fourth-order valence-corrected chi connectivity index (χ4v) is 21.5. The quantitative estimate of drug-likeness (QED) is 0.114. The van der Waals surface area contributed by atoms with Gasteiger partial charge in [-0.3, -0.25) is 14.1 Å². The highest BCUT2D eigenvalue weighted by Gasteiger charge is 2.26. The Balaban J connectivity index is 0.000000107. The van der Waals surface area contributed by atoms with Gasteiger partial charge in [0.05, 0.1) is 45.0 Å². The summed E-state index contributed by atoms with van der Waals surface area (Å²) in [6, 6.07) is 165. The maximum atomic E-state index is 5.28. The second-order valence-electron chi connectivity index (χ2n) is 37.0. The smallest absolute Gasteiger partial charge is 0.182 e. The Morgan fingerprint density at radius 1 is 0.150 bits per heavy atom. The van der Waals surface area contributed by atoms with Crippen LogP contribution in [0.25, 0.3) is 282 Å². The lowest BCUT2D eigenvalue weighted by molar-refractivity contribution is 1.03. The van der Waals surface area contributed by atoms with Crippen LogP contribution in [0.5, 0.6) is 0 Å². The summed E-state index contributed by atoms with van der Waals surface area (Å²) in [5.41, 5.74) is 15.6. The van der Waals surface area contributed by atoms with Crippen LogP contribution in [0.4, 0.5) is 0 Å². The van der Waals surface area contributed by atoms with E-state index in [0.717, 1.165) is 111 Å². The molecule has 15 heteroatoms. The first kappa shape index (κ1) is 84.9. The van der Waals surface area contributed by atoms with Crippen LogP contribution in [0.2, 0.25) is 0 Å². The van der Waals surface area contributed by atoms with Crippen molar-refractivity contribution in [2.45, 2.75) is 0 Å². The maximum Gasteiger partial charge on any atom is 0.182 e. The van der Waals surface area contributed by atoms with Gasteiger partial charge in [-0.15, -0.1) is 0 Å². The normalized spacial score (nSPS) is 11.7. The van der Waals surface area contributed by atoms with E-state index in [1.807, 2.05) is 128 Å². The van der Waals surface area contributed by atoms with E-state index >= 15 is 0 Å². The van der Waals surface area contributed by atoms with E-state index in [-0.39, 0.29) is 0 Å². The van der Waals surface area contributed by atoms with Crippen LogP contribution in [-0.2, 0) is 0 Å². The van der Waals surface area contributed by atoms with Crippen molar-refractivity contribution in [3.05, 3.63) is 492 Å². The van der Waals surface area contributed by atoms with Gasteiger partial charge >= 0.3 is 0 Å². The largest absolute Gasteiger partial charge is 0.308 e. The highest BCUT2D eigenvalue weighted by molar-refractivity contribution is 6.31. The van der Waals surface area contributed by atoms with Crippen LogP contribution >= 0.6 is 0 Å². The third kappa shape index (κ3) is 15.1. The molecule has 15 nitrogen and oxygen atoms in total. The zero-order valence-electron chi connectivity index (χ0n) is 79.0. The number of aromatic nitrogens is 15. The van der Waals surface area contributed by atoms with Crippen LogP contribution in [0.1, 0.15) is 0 Å². The third-order valence-electron chi connectivity index (χ3n) is 28.3. The second-order valence-corrected chi connectivity index (χ2v) is 37.0. The van der Waals surface area contributed by atoms with Gasteiger partial charge < -0.3 is 4.57 Å². The zero-order valence-corrected chi connectivity index (χ0v) is 79.0. The number of nitrogens with zero attached hydrogens (tertiary/aromatic N) is 15. The molecule has 0 atom stereocenters. The molecule has 0 aliphatic rings. The molecular weight excluding hydrogens is 1800 g/mol. The summed E-state index contributed by atoms with van der Waals surface area (Å²) in [5.74, 6) is 7.01. The molecular formula is C132H81N15. The predicted octanol–water partition coefficient (Wildman–Crippen LogP) is 32.5. The lowest BCUT2D eigenvalue weighted by Crippen LogP contribution is -2.03. The molecule has 9 aromatic heterocycles. The molecule has 0 saturated heterocycles. The van der Waals surface area contributed by atoms with Gasteiger partial charge in [-0.25, -0.2) is 54.8 Å². The van der Waals surface area contributed by atoms with Crippen molar-refractivity contribution >= 4 is 162 Å². The summed E-state index contributed by atoms with van der Waals surface area (Å²) in [6.45, 7) is 0. The summed E-state index contributed by atoms with van der Waals surface area (Å²) < 4.78 is 6.87. The molecule has 0 fully saturated rings. The molecule has 0 aliphatic carbocycles. The van der Waals surface area contributed by atoms with Crippen LogP contribution in [0.3, 0.4) is 0 Å². The van der Waals surface area contributed by atoms with Gasteiger partial charge in [0.2, 0.25) is 0 Å². The summed E-state index contributed by atoms with van der Waals surface area (Å²) in [7, 11) is 0. The highest BCUT2D eigenvalue weighted by atomic mass is 15.1. The van der Waals surface area contributed by atoms with Gasteiger partial charge in [-0.1, -0.05) is 388 Å². The predicted molar refractivity (Wildman–Crippen MR) is 602 cm³/mol. The van der Waals surface area contributed by atoms with Gasteiger partial charge in [-0.2, -0.15) is 0 Å². The molecule has 0 bridgehead atoms. The topological polar surface area (TPSA) is 169 Å². The average molecular weight is 1880 g/mol. The third-order valence-corrected chi connectivity index (χ3v) is 28.3. The van der Waals surface area contributed by atoms with E-state index in [9.17, 15) is 0 Å². The molecule has 9 heterocycles. The van der Waals surface area contributed by atoms with E-state index < -0.39 is 0 Å². The van der Waals surface area contributed by atoms with Gasteiger partial charge in [0, 0.05) is 89.2 Å². The van der Waals surface area contributed by atoms with Gasteiger partial charge in [0.15, 0.2) is 52.4 Å². The van der Waals surface area contributed by atoms with Crippen molar-refractivity contribution in [1.29, 1.82) is 0 Å². The molecule has 147 heavy (non-hydrogen) atoms. The second kappa shape index (κ2) is 35.6. The molecule has 21 aromatic carbocycles. The van der Waals surface area contributed by atoms with Crippen molar-refractivity contribution in [2.75, 3.05) is 0 Å². The number of hydrogen-bond donors (Lipinski definition) is 0. The molecule has 0 spiro atoms. The fraction of sp³-hybridized carbons (Fsp3) is 0. The summed E-state index contributed by atoms with van der Waals surface area (Å²) in [5, 5.41) is 28.9. The molecule has 0 radical (unpaired) electrons. The zero-order chi connectivity index (χ0) is 96.9. The van der Waals surface area contributed by atoms with Crippen LogP contribution < -0.4 is 0 Å². The Labute approximate surface area is 841 Å². The van der Waals surface area contributed by atoms with Crippen molar-refractivity contribution in [3.8, 4) is 120 Å². The van der Waals surface area contributed by atoms with E-state index in [1.54, 1.807) is 0 Å². The lowest BCUT2D eigenvalue weighted by Gasteiger charge is -2.11. The van der Waals surface area contributed by atoms with E-state index in [4.69, 9.17) is 59.8 Å². The first-order valence-electron chi connectivity index (χ1n) is 49.2. The molecule has 30 rings (SSSR count). The summed E-state index contributed by atoms with van der Waals surface area (Å²) in [4.78, 5) is 60.1. The highest BCUT2D eigenvalue weighted by Crippen LogP contribution is 2.47. The maximum absolute atomic E-state index is 5.28. The average Bonchev–Trinajstić information content (AvgIpc) is 1.57.